The molecule has 0 aliphatic rings. The van der Waals surface area contributed by atoms with Crippen LogP contribution in [0.4, 0.5) is 0 Å². The molecule has 2 amide bonds. The van der Waals surface area contributed by atoms with Crippen LogP contribution in [0.3, 0.4) is 0 Å². The highest BCUT2D eigenvalue weighted by Crippen LogP contribution is 2.17. The quantitative estimate of drug-likeness (QED) is 0.539. The average molecular weight is 310 g/mol. The molecule has 2 unspecified atom stereocenters. The van der Waals surface area contributed by atoms with E-state index in [1.165, 1.54) is 0 Å². The van der Waals surface area contributed by atoms with Gasteiger partial charge in [0.15, 0.2) is 19.7 Å². The van der Waals surface area contributed by atoms with Crippen LogP contribution in [0.1, 0.15) is 6.42 Å². The Kier molecular flexibility index (Phi) is 5.45. The summed E-state index contributed by atoms with van der Waals surface area (Å²) in [5, 5.41) is -2.89. The molecule has 0 spiro atoms. The summed E-state index contributed by atoms with van der Waals surface area (Å²) in [4.78, 5) is 22.2. The summed E-state index contributed by atoms with van der Waals surface area (Å²) in [6, 6.07) is 0. The minimum Gasteiger partial charge on any atom is -0.369 e. The van der Waals surface area contributed by atoms with Gasteiger partial charge in [-0.2, -0.15) is 0 Å². The molecule has 0 saturated heterocycles. The second-order valence-electron chi connectivity index (χ2n) is 3.53. The zero-order valence-electron chi connectivity index (χ0n) is 9.85. The van der Waals surface area contributed by atoms with E-state index < -0.39 is 48.4 Å². The summed E-state index contributed by atoms with van der Waals surface area (Å²) in [5.74, 6) is -2.60. The molecule has 19 heavy (non-hydrogen) atoms. The summed E-state index contributed by atoms with van der Waals surface area (Å²) < 4.78 is 46.1. The maximum absolute atomic E-state index is 11.5. The van der Waals surface area contributed by atoms with Gasteiger partial charge in [0.1, 0.15) is 10.5 Å². The van der Waals surface area contributed by atoms with Gasteiger partial charge in [-0.25, -0.2) is 16.8 Å². The summed E-state index contributed by atoms with van der Waals surface area (Å²) in [7, 11) is -8.35. The largest absolute Gasteiger partial charge is 0.369 e. The smallest absolute Gasteiger partial charge is 0.236 e. The second kappa shape index (κ2) is 5.97. The van der Waals surface area contributed by atoms with Crippen molar-refractivity contribution in [2.75, 3.05) is 0 Å². The van der Waals surface area contributed by atoms with Gasteiger partial charge in [0.2, 0.25) is 11.8 Å². The zero-order valence-corrected chi connectivity index (χ0v) is 11.5. The summed E-state index contributed by atoms with van der Waals surface area (Å²) >= 11 is 0. The van der Waals surface area contributed by atoms with Crippen molar-refractivity contribution in [1.82, 2.24) is 0 Å². The van der Waals surface area contributed by atoms with Crippen LogP contribution in [-0.4, -0.2) is 39.1 Å². The summed E-state index contributed by atoms with van der Waals surface area (Å²) in [6.45, 7) is 5.98. The number of hydrogen-bond donors (Lipinski definition) is 2. The molecule has 108 valence electrons. The topological polar surface area (TPSA) is 154 Å². The fourth-order valence-electron chi connectivity index (χ4n) is 1.25. The van der Waals surface area contributed by atoms with E-state index in [0.717, 1.165) is 0 Å². The molecule has 10 heteroatoms. The van der Waals surface area contributed by atoms with E-state index in [2.05, 4.69) is 13.2 Å². The summed E-state index contributed by atoms with van der Waals surface area (Å²) in [5.41, 5.74) is 9.79. The highest BCUT2D eigenvalue weighted by atomic mass is 32.2. The van der Waals surface area contributed by atoms with Crippen LogP contribution in [0, 0.1) is 0 Å². The first kappa shape index (κ1) is 17.3. The number of carbonyl (C=O) groups excluding carboxylic acids is 2. The van der Waals surface area contributed by atoms with Crippen molar-refractivity contribution in [2.45, 2.75) is 16.9 Å². The number of amides is 2. The lowest BCUT2D eigenvalue weighted by Crippen LogP contribution is -2.44. The molecule has 4 N–H and O–H groups in total. The van der Waals surface area contributed by atoms with Crippen molar-refractivity contribution in [2.24, 2.45) is 11.5 Å². The molecule has 0 rings (SSSR count). The molecule has 0 bridgehead atoms. The highest BCUT2D eigenvalue weighted by Gasteiger charge is 2.38. The first-order chi connectivity index (χ1) is 8.49. The molecule has 0 saturated carbocycles. The molecule has 0 heterocycles. The van der Waals surface area contributed by atoms with Crippen molar-refractivity contribution in [3.8, 4) is 0 Å². The van der Waals surface area contributed by atoms with Gasteiger partial charge in [-0.05, 0) is 6.42 Å². The van der Waals surface area contributed by atoms with Crippen LogP contribution >= 0.6 is 0 Å². The molecule has 0 fully saturated rings. The van der Waals surface area contributed by atoms with Crippen LogP contribution < -0.4 is 11.5 Å². The number of primary amides is 2. The molecule has 0 aliphatic carbocycles. The molecule has 0 aromatic rings. The van der Waals surface area contributed by atoms with Gasteiger partial charge in [-0.15, -0.1) is 0 Å². The predicted octanol–water partition coefficient (Wildman–Crippen LogP) is -1.80. The van der Waals surface area contributed by atoms with Gasteiger partial charge in [-0.1, -0.05) is 13.2 Å². The van der Waals surface area contributed by atoms with Crippen molar-refractivity contribution >= 4 is 31.5 Å². The van der Waals surface area contributed by atoms with E-state index in [4.69, 9.17) is 11.5 Å². The van der Waals surface area contributed by atoms with E-state index in [9.17, 15) is 26.4 Å². The second-order valence-corrected chi connectivity index (χ2v) is 7.69. The maximum atomic E-state index is 11.5. The molecule has 2 atom stereocenters. The van der Waals surface area contributed by atoms with Gasteiger partial charge in [0.05, 0.1) is 0 Å². The highest BCUT2D eigenvalue weighted by molar-refractivity contribution is 7.96. The van der Waals surface area contributed by atoms with Gasteiger partial charge in [0.25, 0.3) is 0 Å². The Morgan fingerprint density at radius 3 is 1.32 bits per heavy atom. The van der Waals surface area contributed by atoms with Gasteiger partial charge >= 0.3 is 0 Å². The monoisotopic (exact) mass is 310 g/mol. The standard InChI is InChI=1S/C9H14N2O6S2/c1-3-18(14,15)6(8(10)12)5-7(9(11)13)19(16,17)4-2/h3-4,6-7H,1-2,5H2,(H2,10,12)(H2,11,13). The van der Waals surface area contributed by atoms with Crippen molar-refractivity contribution in [3.05, 3.63) is 24.0 Å². The van der Waals surface area contributed by atoms with E-state index >= 15 is 0 Å². The molecule has 0 aliphatic heterocycles. The van der Waals surface area contributed by atoms with Crippen molar-refractivity contribution in [1.29, 1.82) is 0 Å². The van der Waals surface area contributed by atoms with Crippen LogP contribution in [0.5, 0.6) is 0 Å². The Bertz CT molecular complexity index is 551. The minimum atomic E-state index is -4.17. The lowest BCUT2D eigenvalue weighted by molar-refractivity contribution is -0.118. The van der Waals surface area contributed by atoms with Gasteiger partial charge < -0.3 is 11.5 Å². The third-order valence-corrected chi connectivity index (χ3v) is 5.69. The first-order valence-electron chi connectivity index (χ1n) is 4.81. The van der Waals surface area contributed by atoms with Crippen LogP contribution in [0.2, 0.25) is 0 Å². The Labute approximate surface area is 111 Å². The number of rotatable bonds is 8. The average Bonchev–Trinajstić information content (AvgIpc) is 2.27. The Hall–Kier alpha value is -1.68. The zero-order chi connectivity index (χ0) is 15.4. The fraction of sp³-hybridized carbons (Fsp3) is 0.333. The Balaban J connectivity index is 5.69. The SMILES string of the molecule is C=CS(=O)(=O)C(CC(C(N)=O)S(=O)(=O)C=C)C(N)=O. The Morgan fingerprint density at radius 2 is 1.16 bits per heavy atom. The van der Waals surface area contributed by atoms with Gasteiger partial charge in [0, 0.05) is 10.8 Å². The molecular formula is C9H14N2O6S2. The third-order valence-electron chi connectivity index (χ3n) is 2.32. The minimum absolute atomic E-state index is 0.459. The van der Waals surface area contributed by atoms with E-state index in [-0.39, 0.29) is 0 Å². The molecule has 8 nitrogen and oxygen atoms in total. The van der Waals surface area contributed by atoms with Crippen LogP contribution in [-0.2, 0) is 29.3 Å². The Morgan fingerprint density at radius 1 is 0.895 bits per heavy atom. The molecule has 0 aromatic carbocycles. The van der Waals surface area contributed by atoms with E-state index in [1.54, 1.807) is 0 Å². The van der Waals surface area contributed by atoms with Crippen LogP contribution in [0.25, 0.3) is 0 Å². The fourth-order valence-corrected chi connectivity index (χ4v) is 3.41. The lowest BCUT2D eigenvalue weighted by Gasteiger charge is -2.17. The lowest BCUT2D eigenvalue weighted by atomic mass is 10.2. The molecule has 0 radical (unpaired) electrons. The first-order valence-corrected chi connectivity index (χ1v) is 8.02. The van der Waals surface area contributed by atoms with Gasteiger partial charge in [-0.3, -0.25) is 9.59 Å². The predicted molar refractivity (Wildman–Crippen MR) is 68.8 cm³/mol. The van der Waals surface area contributed by atoms with E-state index in [0.29, 0.717) is 10.8 Å². The van der Waals surface area contributed by atoms with Crippen molar-refractivity contribution in [3.63, 3.8) is 0 Å². The number of nitrogens with two attached hydrogens (primary N) is 2. The molecule has 0 aromatic heterocycles. The van der Waals surface area contributed by atoms with E-state index in [1.807, 2.05) is 0 Å². The maximum Gasteiger partial charge on any atom is 0.236 e. The number of sulfone groups is 2. The molecular weight excluding hydrogens is 296 g/mol. The number of carbonyl (C=O) groups is 2. The summed E-state index contributed by atoms with van der Waals surface area (Å²) in [6.07, 6.45) is -0.882. The third kappa shape index (κ3) is 4.17. The van der Waals surface area contributed by atoms with Crippen LogP contribution in [0.15, 0.2) is 24.0 Å². The number of hydrogen-bond acceptors (Lipinski definition) is 6. The normalized spacial score (nSPS) is 15.2. The van der Waals surface area contributed by atoms with Crippen molar-refractivity contribution < 1.29 is 26.4 Å².